The summed E-state index contributed by atoms with van der Waals surface area (Å²) >= 11 is 0. The van der Waals surface area contributed by atoms with Crippen LogP contribution in [0.3, 0.4) is 0 Å². The van der Waals surface area contributed by atoms with Crippen LogP contribution in [0.4, 0.5) is 0 Å². The van der Waals surface area contributed by atoms with Crippen LogP contribution in [0, 0.1) is 0 Å². The molecule has 3 unspecified atom stereocenters. The van der Waals surface area contributed by atoms with Crippen LogP contribution in [0.5, 0.6) is 0 Å². The van der Waals surface area contributed by atoms with Crippen molar-refractivity contribution in [2.24, 2.45) is 0 Å². The van der Waals surface area contributed by atoms with Crippen LogP contribution in [0.25, 0.3) is 0 Å². The second-order valence-corrected chi connectivity index (χ2v) is 17.2. The average Bonchev–Trinajstić information content (AvgIpc) is 3.20. The Balaban J connectivity index is 4.10. The molecule has 0 aliphatic heterocycles. The van der Waals surface area contributed by atoms with Crippen LogP contribution in [0.1, 0.15) is 213 Å². The molecule has 0 saturated heterocycles. The van der Waals surface area contributed by atoms with Gasteiger partial charge in [-0.25, -0.2) is 4.57 Å². The summed E-state index contributed by atoms with van der Waals surface area (Å²) in [6, 6.07) is 0. The third kappa shape index (κ3) is 44.1. The molecule has 0 aromatic rings. The highest BCUT2D eigenvalue weighted by molar-refractivity contribution is 7.47. The summed E-state index contributed by atoms with van der Waals surface area (Å²) in [5.41, 5.74) is 0. The Morgan fingerprint density at radius 2 is 0.947 bits per heavy atom. The first-order valence-corrected chi connectivity index (χ1v) is 25.0. The number of carbonyl (C=O) groups excluding carboxylic acids is 1. The first-order chi connectivity index (χ1) is 27.8. The van der Waals surface area contributed by atoms with Crippen molar-refractivity contribution in [1.29, 1.82) is 0 Å². The van der Waals surface area contributed by atoms with E-state index in [1.807, 2.05) is 0 Å². The summed E-state index contributed by atoms with van der Waals surface area (Å²) in [6.07, 6.45) is 48.2. The molecule has 0 aliphatic rings. The predicted molar refractivity (Wildman–Crippen MR) is 237 cm³/mol. The number of rotatable bonds is 45. The minimum absolute atomic E-state index is 0.0450. The number of phosphoric acid groups is 1. The van der Waals surface area contributed by atoms with E-state index in [0.29, 0.717) is 6.61 Å². The third-order valence-corrected chi connectivity index (χ3v) is 11.0. The summed E-state index contributed by atoms with van der Waals surface area (Å²) in [5, 5.41) is 18.4. The third-order valence-electron chi connectivity index (χ3n) is 10.0. The molecule has 0 bridgehead atoms. The molecule has 0 heterocycles. The minimum Gasteiger partial charge on any atom is -0.457 e. The number of esters is 1. The highest BCUT2D eigenvalue weighted by atomic mass is 31.2. The molecule has 0 aliphatic carbocycles. The summed E-state index contributed by atoms with van der Waals surface area (Å²) in [4.78, 5) is 22.6. The van der Waals surface area contributed by atoms with Gasteiger partial charge in [0.15, 0.2) is 0 Å². The Hall–Kier alpha value is -1.32. The van der Waals surface area contributed by atoms with E-state index in [4.69, 9.17) is 23.6 Å². The van der Waals surface area contributed by atoms with E-state index < -0.39 is 39.2 Å². The molecule has 0 fully saturated rings. The molecule has 9 nitrogen and oxygen atoms in total. The van der Waals surface area contributed by atoms with Crippen molar-refractivity contribution < 1.29 is 43.0 Å². The van der Waals surface area contributed by atoms with E-state index >= 15 is 0 Å². The lowest BCUT2D eigenvalue weighted by molar-refractivity contribution is -0.154. The molecule has 3 atom stereocenters. The van der Waals surface area contributed by atoms with Gasteiger partial charge in [-0.15, -0.1) is 0 Å². The Labute approximate surface area is 350 Å². The molecule has 336 valence electrons. The molecular formula is C47H89O9P. The Kier molecular flexibility index (Phi) is 43.2. The van der Waals surface area contributed by atoms with Crippen molar-refractivity contribution >= 4 is 13.8 Å². The maximum absolute atomic E-state index is 12.6. The van der Waals surface area contributed by atoms with Crippen molar-refractivity contribution in [3.63, 3.8) is 0 Å². The Morgan fingerprint density at radius 1 is 0.544 bits per heavy atom. The number of carbonyl (C=O) groups is 1. The van der Waals surface area contributed by atoms with E-state index in [9.17, 15) is 19.4 Å². The second kappa shape index (κ2) is 44.2. The first-order valence-electron chi connectivity index (χ1n) is 23.5. The molecular weight excluding hydrogens is 739 g/mol. The normalized spacial score (nSPS) is 14.3. The van der Waals surface area contributed by atoms with E-state index in [1.165, 1.54) is 128 Å². The zero-order valence-corrected chi connectivity index (χ0v) is 37.7. The van der Waals surface area contributed by atoms with Crippen LogP contribution in [-0.4, -0.2) is 66.3 Å². The molecule has 57 heavy (non-hydrogen) atoms. The summed E-state index contributed by atoms with van der Waals surface area (Å²) in [5.74, 6) is -0.391. The van der Waals surface area contributed by atoms with Crippen LogP contribution in [-0.2, 0) is 27.9 Å². The quantitative estimate of drug-likeness (QED) is 0.0237. The van der Waals surface area contributed by atoms with Gasteiger partial charge in [0.2, 0.25) is 0 Å². The first kappa shape index (κ1) is 55.7. The zero-order valence-electron chi connectivity index (χ0n) is 36.8. The van der Waals surface area contributed by atoms with Gasteiger partial charge in [-0.3, -0.25) is 13.8 Å². The van der Waals surface area contributed by atoms with Gasteiger partial charge in [0.05, 0.1) is 26.4 Å². The molecule has 10 heteroatoms. The second-order valence-electron chi connectivity index (χ2n) is 15.8. The molecule has 0 rings (SSSR count). The molecule has 0 aromatic carbocycles. The van der Waals surface area contributed by atoms with Crippen molar-refractivity contribution in [2.75, 3.05) is 33.0 Å². The van der Waals surface area contributed by atoms with E-state index in [1.54, 1.807) is 0 Å². The topological polar surface area (TPSA) is 132 Å². The van der Waals surface area contributed by atoms with Gasteiger partial charge < -0.3 is 24.6 Å². The van der Waals surface area contributed by atoms with Crippen molar-refractivity contribution in [1.82, 2.24) is 0 Å². The highest BCUT2D eigenvalue weighted by Crippen LogP contribution is 2.43. The standard InChI is InChI=1S/C47H89O9P/c1-3-5-7-9-11-13-15-17-19-20-21-22-23-24-25-26-28-30-32-34-36-38-40-53-43-46(44-55-57(51,52)54-42-45(49)41-48)56-47(50)39-37-35-33-31-29-27-18-16-14-12-10-8-6-4-2/h15-18,20-21,45-46,48-49H,3-14,19,22-44H2,1-2H3,(H,51,52)/b17-15-,18-16-,21-20-. The summed E-state index contributed by atoms with van der Waals surface area (Å²) in [7, 11) is -4.52. The average molecular weight is 829 g/mol. The molecule has 0 radical (unpaired) electrons. The minimum atomic E-state index is -4.52. The lowest BCUT2D eigenvalue weighted by Crippen LogP contribution is -2.29. The number of hydrogen-bond donors (Lipinski definition) is 3. The SMILES string of the molecule is CCCCCCC/C=C\C/C=C\CCCCCCCCCCCCOCC(COP(=O)(O)OCC(O)CO)OC(=O)CCCCCCC/C=C\CCCCCCC. The van der Waals surface area contributed by atoms with Crippen molar-refractivity contribution in [3.05, 3.63) is 36.5 Å². The van der Waals surface area contributed by atoms with Gasteiger partial charge in [-0.2, -0.15) is 0 Å². The van der Waals surface area contributed by atoms with Gasteiger partial charge in [-0.05, 0) is 70.6 Å². The lowest BCUT2D eigenvalue weighted by atomic mass is 10.1. The number of ether oxygens (including phenoxy) is 2. The van der Waals surface area contributed by atoms with Crippen molar-refractivity contribution in [3.8, 4) is 0 Å². The molecule has 0 saturated carbocycles. The lowest BCUT2D eigenvalue weighted by Gasteiger charge is -2.20. The maximum Gasteiger partial charge on any atom is 0.472 e. The van der Waals surface area contributed by atoms with Crippen LogP contribution in [0.15, 0.2) is 36.5 Å². The summed E-state index contributed by atoms with van der Waals surface area (Å²) < 4.78 is 33.4. The smallest absolute Gasteiger partial charge is 0.457 e. The number of phosphoric ester groups is 1. The summed E-state index contributed by atoms with van der Waals surface area (Å²) in [6.45, 7) is 3.50. The molecule has 0 aromatic heterocycles. The van der Waals surface area contributed by atoms with Gasteiger partial charge >= 0.3 is 13.8 Å². The predicted octanol–water partition coefficient (Wildman–Crippen LogP) is 13.2. The van der Waals surface area contributed by atoms with Gasteiger partial charge in [0, 0.05) is 13.0 Å². The van der Waals surface area contributed by atoms with Gasteiger partial charge in [-0.1, -0.05) is 172 Å². The Bertz CT molecular complexity index is 986. The monoisotopic (exact) mass is 829 g/mol. The highest BCUT2D eigenvalue weighted by Gasteiger charge is 2.26. The molecule has 0 spiro atoms. The number of unbranched alkanes of at least 4 members (excludes halogenated alkanes) is 25. The number of aliphatic hydroxyl groups is 2. The Morgan fingerprint density at radius 3 is 1.42 bits per heavy atom. The van der Waals surface area contributed by atoms with Crippen molar-refractivity contribution in [2.45, 2.75) is 225 Å². The fourth-order valence-corrected chi connectivity index (χ4v) is 7.23. The number of allylic oxidation sites excluding steroid dienone is 6. The maximum atomic E-state index is 12.6. The van der Waals surface area contributed by atoms with E-state index in [0.717, 1.165) is 64.2 Å². The number of hydrogen-bond acceptors (Lipinski definition) is 8. The van der Waals surface area contributed by atoms with Gasteiger partial charge in [0.25, 0.3) is 0 Å². The fraction of sp³-hybridized carbons (Fsp3) is 0.851. The van der Waals surface area contributed by atoms with E-state index in [2.05, 4.69) is 50.3 Å². The number of aliphatic hydroxyl groups excluding tert-OH is 2. The molecule has 0 amide bonds. The van der Waals surface area contributed by atoms with Crippen LogP contribution >= 0.6 is 7.82 Å². The molecule has 3 N–H and O–H groups in total. The van der Waals surface area contributed by atoms with Gasteiger partial charge in [0.1, 0.15) is 12.2 Å². The van der Waals surface area contributed by atoms with E-state index in [-0.39, 0.29) is 19.6 Å². The van der Waals surface area contributed by atoms with Crippen LogP contribution in [0.2, 0.25) is 0 Å². The zero-order chi connectivity index (χ0) is 41.8. The fourth-order valence-electron chi connectivity index (χ4n) is 6.44. The van der Waals surface area contributed by atoms with Crippen LogP contribution < -0.4 is 0 Å². The largest absolute Gasteiger partial charge is 0.472 e.